The maximum atomic E-state index is 12.2. The summed E-state index contributed by atoms with van der Waals surface area (Å²) in [6.45, 7) is 1.99. The van der Waals surface area contributed by atoms with Gasteiger partial charge in [-0.05, 0) is 31.2 Å². The van der Waals surface area contributed by atoms with Crippen LogP contribution in [0.5, 0.6) is 5.75 Å². The van der Waals surface area contributed by atoms with E-state index >= 15 is 0 Å². The second-order valence-electron chi connectivity index (χ2n) is 6.43. The number of rotatable bonds is 6. The normalized spacial score (nSPS) is 13.5. The van der Waals surface area contributed by atoms with E-state index in [4.69, 9.17) is 4.42 Å². The lowest BCUT2D eigenvalue weighted by Gasteiger charge is -2.15. The van der Waals surface area contributed by atoms with Crippen LogP contribution in [-0.4, -0.2) is 41.8 Å². The molecule has 0 atom stereocenters. The van der Waals surface area contributed by atoms with E-state index in [2.05, 4.69) is 16.0 Å². The van der Waals surface area contributed by atoms with Crippen LogP contribution in [0, 0.1) is 6.92 Å². The third-order valence-corrected chi connectivity index (χ3v) is 4.10. The molecule has 0 saturated carbocycles. The van der Waals surface area contributed by atoms with E-state index in [1.54, 1.807) is 39.2 Å². The van der Waals surface area contributed by atoms with Crippen LogP contribution in [0.1, 0.15) is 21.9 Å². The second kappa shape index (κ2) is 7.47. The zero-order valence-electron chi connectivity index (χ0n) is 15.6. The number of aryl methyl sites for hydroxylation is 1. The summed E-state index contributed by atoms with van der Waals surface area (Å²) in [7, 11) is 3.12. The highest BCUT2D eigenvalue weighted by molar-refractivity contribution is 6.20. The molecular formula is C19H20N4O5. The summed E-state index contributed by atoms with van der Waals surface area (Å²) in [5.74, 6) is -0.639. The molecule has 2 aromatic rings. The molecule has 2 heterocycles. The quantitative estimate of drug-likeness (QED) is 0.434. The Labute approximate surface area is 161 Å². The van der Waals surface area contributed by atoms with E-state index in [0.29, 0.717) is 5.76 Å². The van der Waals surface area contributed by atoms with Gasteiger partial charge in [-0.2, -0.15) is 0 Å². The molecule has 0 aliphatic carbocycles. The Kier molecular flexibility index (Phi) is 5.08. The number of amides is 3. The van der Waals surface area contributed by atoms with Crippen molar-refractivity contribution in [2.75, 3.05) is 19.4 Å². The Hall–Kier alpha value is -3.75. The molecule has 3 amide bonds. The molecule has 1 aromatic heterocycles. The summed E-state index contributed by atoms with van der Waals surface area (Å²) >= 11 is 0. The maximum absolute atomic E-state index is 12.2. The Morgan fingerprint density at radius 3 is 2.50 bits per heavy atom. The number of benzene rings is 1. The number of para-hydroxylation sites is 1. The molecule has 0 saturated heterocycles. The molecule has 9 heteroatoms. The molecule has 0 fully saturated rings. The van der Waals surface area contributed by atoms with Crippen molar-refractivity contribution in [2.24, 2.45) is 0 Å². The number of carbonyl (C=O) groups is 3. The number of carbonyl (C=O) groups excluding carboxylic acids is 3. The third-order valence-electron chi connectivity index (χ3n) is 4.10. The number of anilines is 1. The summed E-state index contributed by atoms with van der Waals surface area (Å²) in [6.07, 6.45) is 0. The van der Waals surface area contributed by atoms with Crippen LogP contribution in [0.4, 0.5) is 5.69 Å². The fourth-order valence-corrected chi connectivity index (χ4v) is 2.69. The van der Waals surface area contributed by atoms with Gasteiger partial charge >= 0.3 is 0 Å². The number of furan rings is 1. The lowest BCUT2D eigenvalue weighted by atomic mass is 10.1. The monoisotopic (exact) mass is 384 g/mol. The molecule has 3 rings (SSSR count). The van der Waals surface area contributed by atoms with E-state index in [1.165, 1.54) is 17.0 Å². The van der Waals surface area contributed by atoms with E-state index in [-0.39, 0.29) is 34.9 Å². The number of hydrogen-bond acceptors (Lipinski definition) is 7. The molecule has 1 aliphatic heterocycles. The fourth-order valence-electron chi connectivity index (χ4n) is 2.69. The van der Waals surface area contributed by atoms with Gasteiger partial charge in [-0.15, -0.1) is 0 Å². The lowest BCUT2D eigenvalue weighted by Crippen LogP contribution is -2.27. The van der Waals surface area contributed by atoms with Crippen molar-refractivity contribution in [1.82, 2.24) is 15.5 Å². The van der Waals surface area contributed by atoms with Crippen LogP contribution in [0.15, 0.2) is 46.1 Å². The topological polar surface area (TPSA) is 124 Å². The minimum atomic E-state index is -0.646. The third kappa shape index (κ3) is 3.68. The van der Waals surface area contributed by atoms with Gasteiger partial charge in [0.2, 0.25) is 0 Å². The van der Waals surface area contributed by atoms with Crippen LogP contribution in [0.2, 0.25) is 0 Å². The van der Waals surface area contributed by atoms with Crippen LogP contribution in [-0.2, 0) is 16.1 Å². The van der Waals surface area contributed by atoms with Crippen molar-refractivity contribution >= 4 is 23.4 Å². The SMILES string of the molecule is Cc1ccc(CNC2=C(Nc3cccc(C(=O)N(C)C)c3O)C(=O)NC2=O)o1. The number of nitrogens with one attached hydrogen (secondary N) is 3. The van der Waals surface area contributed by atoms with Crippen molar-refractivity contribution < 1.29 is 23.9 Å². The van der Waals surface area contributed by atoms with Crippen LogP contribution < -0.4 is 16.0 Å². The van der Waals surface area contributed by atoms with Gasteiger partial charge in [-0.25, -0.2) is 0 Å². The summed E-state index contributed by atoms with van der Waals surface area (Å²) in [5.41, 5.74) is 0.155. The molecule has 4 N–H and O–H groups in total. The molecule has 0 bridgehead atoms. The van der Waals surface area contributed by atoms with Crippen LogP contribution >= 0.6 is 0 Å². The predicted octanol–water partition coefficient (Wildman–Crippen LogP) is 1.07. The molecule has 0 unspecified atom stereocenters. The largest absolute Gasteiger partial charge is 0.505 e. The highest BCUT2D eigenvalue weighted by Crippen LogP contribution is 2.30. The number of phenolic OH excluding ortho intramolecular Hbond substituents is 1. The molecule has 146 valence electrons. The van der Waals surface area contributed by atoms with Gasteiger partial charge in [0, 0.05) is 14.1 Å². The summed E-state index contributed by atoms with van der Waals surface area (Å²) < 4.78 is 5.44. The van der Waals surface area contributed by atoms with E-state index in [9.17, 15) is 19.5 Å². The number of nitrogens with zero attached hydrogens (tertiary/aromatic N) is 1. The fraction of sp³-hybridized carbons (Fsp3) is 0.211. The summed E-state index contributed by atoms with van der Waals surface area (Å²) in [6, 6.07) is 8.07. The van der Waals surface area contributed by atoms with Gasteiger partial charge in [0.15, 0.2) is 5.75 Å². The molecule has 0 radical (unpaired) electrons. The molecule has 1 aromatic carbocycles. The van der Waals surface area contributed by atoms with Gasteiger partial charge in [0.05, 0.1) is 17.8 Å². The van der Waals surface area contributed by atoms with Crippen molar-refractivity contribution in [2.45, 2.75) is 13.5 Å². The van der Waals surface area contributed by atoms with Gasteiger partial charge in [-0.1, -0.05) is 6.07 Å². The average Bonchev–Trinajstić information content (AvgIpc) is 3.17. The molecule has 1 aliphatic rings. The number of hydrogen-bond donors (Lipinski definition) is 4. The molecular weight excluding hydrogens is 364 g/mol. The summed E-state index contributed by atoms with van der Waals surface area (Å²) in [4.78, 5) is 37.8. The van der Waals surface area contributed by atoms with Crippen LogP contribution in [0.3, 0.4) is 0 Å². The van der Waals surface area contributed by atoms with E-state index in [0.717, 1.165) is 5.76 Å². The van der Waals surface area contributed by atoms with Gasteiger partial charge in [0.1, 0.15) is 22.9 Å². The Bertz CT molecular complexity index is 990. The Balaban J connectivity index is 1.88. The zero-order valence-corrected chi connectivity index (χ0v) is 15.6. The standard InChI is InChI=1S/C19H20N4O5/c1-10-7-8-11(28-10)9-20-14-15(18(26)22-17(14)25)21-13-6-4-5-12(16(13)24)19(27)23(2)3/h4-8,24H,9H2,1-3H3,(H3,20,21,22,25,26). The van der Waals surface area contributed by atoms with Crippen molar-refractivity contribution in [3.63, 3.8) is 0 Å². The molecule has 9 nitrogen and oxygen atoms in total. The van der Waals surface area contributed by atoms with E-state index in [1.807, 2.05) is 0 Å². The van der Waals surface area contributed by atoms with Gasteiger partial charge < -0.3 is 25.1 Å². The maximum Gasteiger partial charge on any atom is 0.276 e. The highest BCUT2D eigenvalue weighted by Gasteiger charge is 2.31. The molecule has 0 spiro atoms. The van der Waals surface area contributed by atoms with Crippen molar-refractivity contribution in [1.29, 1.82) is 0 Å². The smallest absolute Gasteiger partial charge is 0.276 e. The van der Waals surface area contributed by atoms with E-state index < -0.39 is 17.7 Å². The first-order chi connectivity index (χ1) is 13.3. The van der Waals surface area contributed by atoms with Crippen molar-refractivity contribution in [3.05, 3.63) is 58.8 Å². The Morgan fingerprint density at radius 1 is 1.14 bits per heavy atom. The summed E-state index contributed by atoms with van der Waals surface area (Å²) in [5, 5.41) is 18.2. The minimum Gasteiger partial charge on any atom is -0.505 e. The zero-order chi connectivity index (χ0) is 20.4. The minimum absolute atomic E-state index is 0.0165. The average molecular weight is 384 g/mol. The predicted molar refractivity (Wildman–Crippen MR) is 100 cm³/mol. The van der Waals surface area contributed by atoms with Crippen LogP contribution in [0.25, 0.3) is 0 Å². The first-order valence-corrected chi connectivity index (χ1v) is 8.47. The number of imide groups is 1. The first-order valence-electron chi connectivity index (χ1n) is 8.47. The molecule has 28 heavy (non-hydrogen) atoms. The van der Waals surface area contributed by atoms with Gasteiger partial charge in [-0.3, -0.25) is 19.7 Å². The number of phenols is 1. The van der Waals surface area contributed by atoms with Gasteiger partial charge in [0.25, 0.3) is 17.7 Å². The second-order valence-corrected chi connectivity index (χ2v) is 6.43. The highest BCUT2D eigenvalue weighted by atomic mass is 16.3. The Morgan fingerprint density at radius 2 is 1.86 bits per heavy atom. The lowest BCUT2D eigenvalue weighted by molar-refractivity contribution is -0.124. The number of aromatic hydroxyl groups is 1. The first kappa shape index (κ1) is 19.0. The van der Waals surface area contributed by atoms with Crippen molar-refractivity contribution in [3.8, 4) is 5.75 Å².